The number of hydrogen-bond donors (Lipinski definition) is 1. The summed E-state index contributed by atoms with van der Waals surface area (Å²) in [7, 11) is 0. The number of nitrogens with zero attached hydrogens (tertiary/aromatic N) is 1. The fraction of sp³-hybridized carbons (Fsp3) is 0.462. The van der Waals surface area contributed by atoms with Gasteiger partial charge in [-0.1, -0.05) is 12.1 Å². The third kappa shape index (κ3) is 3.89. The second-order valence-electron chi connectivity index (χ2n) is 4.48. The van der Waals surface area contributed by atoms with E-state index >= 15 is 0 Å². The molecule has 1 heterocycles. The molecule has 1 saturated heterocycles. The average Bonchev–Trinajstić information content (AvgIpc) is 2.38. The number of hydrogen-bond acceptors (Lipinski definition) is 3. The number of ether oxygens (including phenoxy) is 1. The summed E-state index contributed by atoms with van der Waals surface area (Å²) in [5.41, 5.74) is 6.46. The highest BCUT2D eigenvalue weighted by atomic mass is 35.5. The summed E-state index contributed by atoms with van der Waals surface area (Å²) in [5, 5.41) is 0. The minimum absolute atomic E-state index is 0. The van der Waals surface area contributed by atoms with Crippen molar-refractivity contribution in [3.63, 3.8) is 0 Å². The topological polar surface area (TPSA) is 55.6 Å². The van der Waals surface area contributed by atoms with Crippen molar-refractivity contribution in [1.29, 1.82) is 0 Å². The summed E-state index contributed by atoms with van der Waals surface area (Å²) in [6.45, 7) is 3.16. The minimum atomic E-state index is -0.503. The van der Waals surface area contributed by atoms with Crippen LogP contribution in [0.2, 0.25) is 0 Å². The van der Waals surface area contributed by atoms with E-state index in [1.807, 2.05) is 0 Å². The Labute approximate surface area is 118 Å². The zero-order valence-electron chi connectivity index (χ0n) is 10.7. The molecule has 1 unspecified atom stereocenters. The van der Waals surface area contributed by atoms with Gasteiger partial charge in [0.25, 0.3) is 0 Å². The highest BCUT2D eigenvalue weighted by Crippen LogP contribution is 2.22. The van der Waals surface area contributed by atoms with Gasteiger partial charge in [0.2, 0.25) is 5.91 Å². The minimum Gasteiger partial charge on any atom is -0.370 e. The van der Waals surface area contributed by atoms with Gasteiger partial charge < -0.3 is 15.4 Å². The predicted molar refractivity (Wildman–Crippen MR) is 72.6 cm³/mol. The highest BCUT2D eigenvalue weighted by Gasteiger charge is 2.26. The molecule has 0 saturated carbocycles. The summed E-state index contributed by atoms with van der Waals surface area (Å²) >= 11 is 0. The van der Waals surface area contributed by atoms with Crippen molar-refractivity contribution in [3.05, 3.63) is 35.6 Å². The summed E-state index contributed by atoms with van der Waals surface area (Å²) in [6.07, 6.45) is -0.206. The molecule has 4 nitrogen and oxygen atoms in total. The van der Waals surface area contributed by atoms with Gasteiger partial charge in [0.05, 0.1) is 19.2 Å². The molecule has 6 heteroatoms. The molecule has 0 aromatic heterocycles. The molecule has 19 heavy (non-hydrogen) atoms. The van der Waals surface area contributed by atoms with Gasteiger partial charge in [0, 0.05) is 6.54 Å². The second kappa shape index (κ2) is 6.84. The Bertz CT molecular complexity index is 425. The maximum absolute atomic E-state index is 12.8. The molecule has 1 aromatic rings. The van der Waals surface area contributed by atoms with Crippen LogP contribution in [0.1, 0.15) is 18.6 Å². The molecule has 1 aromatic carbocycles. The van der Waals surface area contributed by atoms with Crippen molar-refractivity contribution in [2.24, 2.45) is 5.73 Å². The van der Waals surface area contributed by atoms with Gasteiger partial charge in [0.1, 0.15) is 11.9 Å². The van der Waals surface area contributed by atoms with Crippen LogP contribution in [0.4, 0.5) is 4.39 Å². The Hall–Kier alpha value is -1.17. The van der Waals surface area contributed by atoms with E-state index < -0.39 is 6.04 Å². The van der Waals surface area contributed by atoms with Gasteiger partial charge in [-0.05, 0) is 24.6 Å². The van der Waals surface area contributed by atoms with Crippen molar-refractivity contribution in [1.82, 2.24) is 4.90 Å². The summed E-state index contributed by atoms with van der Waals surface area (Å²) in [5.74, 6) is -0.358. The number of halogens is 2. The van der Waals surface area contributed by atoms with Gasteiger partial charge in [-0.15, -0.1) is 12.4 Å². The smallest absolute Gasteiger partial charge is 0.239 e. The van der Waals surface area contributed by atoms with Crippen LogP contribution in [-0.2, 0) is 9.53 Å². The molecule has 0 bridgehead atoms. The molecule has 1 fully saturated rings. The molecule has 0 radical (unpaired) electrons. The molecule has 106 valence electrons. The number of morpholine rings is 1. The van der Waals surface area contributed by atoms with Crippen LogP contribution in [-0.4, -0.2) is 36.5 Å². The monoisotopic (exact) mass is 288 g/mol. The van der Waals surface area contributed by atoms with E-state index in [0.29, 0.717) is 19.7 Å². The quantitative estimate of drug-likeness (QED) is 0.897. The third-order valence-corrected chi connectivity index (χ3v) is 3.01. The number of carbonyl (C=O) groups excluding carboxylic acids is 1. The van der Waals surface area contributed by atoms with E-state index in [0.717, 1.165) is 5.56 Å². The average molecular weight is 289 g/mol. The van der Waals surface area contributed by atoms with E-state index in [1.54, 1.807) is 24.0 Å². The summed E-state index contributed by atoms with van der Waals surface area (Å²) in [4.78, 5) is 13.5. The Morgan fingerprint density at radius 3 is 2.68 bits per heavy atom. The van der Waals surface area contributed by atoms with Crippen molar-refractivity contribution < 1.29 is 13.9 Å². The number of amides is 1. The van der Waals surface area contributed by atoms with Gasteiger partial charge in [0.15, 0.2) is 0 Å². The summed E-state index contributed by atoms with van der Waals surface area (Å²) < 4.78 is 18.4. The zero-order valence-corrected chi connectivity index (χ0v) is 11.5. The highest BCUT2D eigenvalue weighted by molar-refractivity contribution is 5.85. The first-order chi connectivity index (χ1) is 8.58. The molecule has 2 N–H and O–H groups in total. The van der Waals surface area contributed by atoms with E-state index in [2.05, 4.69) is 0 Å². The fourth-order valence-electron chi connectivity index (χ4n) is 2.02. The second-order valence-corrected chi connectivity index (χ2v) is 4.48. The van der Waals surface area contributed by atoms with Crippen molar-refractivity contribution in [2.45, 2.75) is 19.1 Å². The van der Waals surface area contributed by atoms with Crippen LogP contribution in [0.5, 0.6) is 0 Å². The van der Waals surface area contributed by atoms with Crippen LogP contribution < -0.4 is 5.73 Å². The maximum atomic E-state index is 12.8. The molecule has 0 aliphatic carbocycles. The number of rotatable bonds is 2. The van der Waals surface area contributed by atoms with Crippen LogP contribution in [0.15, 0.2) is 24.3 Å². The molecule has 0 spiro atoms. The lowest BCUT2D eigenvalue weighted by Gasteiger charge is -2.34. The van der Waals surface area contributed by atoms with E-state index in [4.69, 9.17) is 10.5 Å². The number of nitrogens with two attached hydrogens (primary N) is 1. The zero-order chi connectivity index (χ0) is 13.1. The molecule has 1 amide bonds. The van der Waals surface area contributed by atoms with Crippen LogP contribution in [0.3, 0.4) is 0 Å². The standard InChI is InChI=1S/C13H17FN2O2.ClH/c1-9(15)13(17)16-6-7-18-12(8-16)10-2-4-11(14)5-3-10;/h2-5,9,12H,6-8,15H2,1H3;1H/t9-,12?;/m0./s1. The summed E-state index contributed by atoms with van der Waals surface area (Å²) in [6, 6.07) is 5.65. The lowest BCUT2D eigenvalue weighted by Crippen LogP contribution is -2.48. The Morgan fingerprint density at radius 1 is 1.47 bits per heavy atom. The van der Waals surface area contributed by atoms with E-state index in [-0.39, 0.29) is 30.2 Å². The lowest BCUT2D eigenvalue weighted by molar-refractivity contribution is -0.140. The SMILES string of the molecule is C[C@H](N)C(=O)N1CCOC(c2ccc(F)cc2)C1.Cl. The lowest BCUT2D eigenvalue weighted by atomic mass is 10.1. The Balaban J connectivity index is 0.00000180. The maximum Gasteiger partial charge on any atom is 0.239 e. The van der Waals surface area contributed by atoms with Crippen LogP contribution >= 0.6 is 12.4 Å². The molecular weight excluding hydrogens is 271 g/mol. The van der Waals surface area contributed by atoms with Gasteiger partial charge in [-0.3, -0.25) is 4.79 Å². The van der Waals surface area contributed by atoms with E-state index in [9.17, 15) is 9.18 Å². The van der Waals surface area contributed by atoms with Crippen LogP contribution in [0, 0.1) is 5.82 Å². The Morgan fingerprint density at radius 2 is 2.11 bits per heavy atom. The largest absolute Gasteiger partial charge is 0.370 e. The molecule has 1 aliphatic rings. The first-order valence-electron chi connectivity index (χ1n) is 5.99. The van der Waals surface area contributed by atoms with Crippen molar-refractivity contribution in [2.75, 3.05) is 19.7 Å². The predicted octanol–water partition coefficient (Wildman–Crippen LogP) is 1.49. The molecule has 2 atom stereocenters. The fourth-order valence-corrected chi connectivity index (χ4v) is 2.02. The number of carbonyl (C=O) groups is 1. The van der Waals surface area contributed by atoms with Crippen molar-refractivity contribution in [3.8, 4) is 0 Å². The first kappa shape index (κ1) is 15.9. The van der Waals surface area contributed by atoms with E-state index in [1.165, 1.54) is 12.1 Å². The third-order valence-electron chi connectivity index (χ3n) is 3.01. The van der Waals surface area contributed by atoms with Gasteiger partial charge in [-0.2, -0.15) is 0 Å². The van der Waals surface area contributed by atoms with Crippen LogP contribution in [0.25, 0.3) is 0 Å². The van der Waals surface area contributed by atoms with Gasteiger partial charge in [-0.25, -0.2) is 4.39 Å². The molecule has 2 rings (SSSR count). The molecule has 1 aliphatic heterocycles. The first-order valence-corrected chi connectivity index (χ1v) is 5.99. The molecular formula is C13H18ClFN2O2. The number of benzene rings is 1. The Kier molecular flexibility index (Phi) is 5.72. The normalized spacial score (nSPS) is 20.6. The van der Waals surface area contributed by atoms with Crippen molar-refractivity contribution >= 4 is 18.3 Å². The van der Waals surface area contributed by atoms with Gasteiger partial charge >= 0.3 is 0 Å².